The Hall–Kier alpha value is -2.06. The van der Waals surface area contributed by atoms with E-state index in [1.165, 1.54) is 0 Å². The normalized spacial score (nSPS) is 23.8. The minimum absolute atomic E-state index is 0.138. The van der Waals surface area contributed by atoms with E-state index in [0.29, 0.717) is 57.3 Å². The molecule has 0 aliphatic carbocycles. The predicted octanol–water partition coefficient (Wildman–Crippen LogP) is 4.17. The molecule has 1 aromatic carbocycles. The summed E-state index contributed by atoms with van der Waals surface area (Å²) in [4.78, 5) is 31.0. The lowest BCUT2D eigenvalue weighted by Crippen LogP contribution is -2.47. The molecule has 2 saturated heterocycles. The molecule has 0 aromatic heterocycles. The number of rotatable bonds is 1. The van der Waals surface area contributed by atoms with Crippen molar-refractivity contribution in [1.82, 2.24) is 14.7 Å². The number of hydrogen-bond acceptors (Lipinski definition) is 4. The van der Waals surface area contributed by atoms with Gasteiger partial charge in [0.05, 0.1) is 25.8 Å². The highest BCUT2D eigenvalue weighted by molar-refractivity contribution is 6.30. The molecule has 0 unspecified atom stereocenters. The van der Waals surface area contributed by atoms with Crippen molar-refractivity contribution in [2.45, 2.75) is 58.0 Å². The molecule has 2 fully saturated rings. The lowest BCUT2D eigenvalue weighted by atomic mass is 9.90. The van der Waals surface area contributed by atoms with Crippen molar-refractivity contribution in [1.29, 1.82) is 0 Å². The molecule has 176 valence electrons. The number of benzene rings is 1. The highest BCUT2D eigenvalue weighted by Gasteiger charge is 2.36. The molecule has 3 aliphatic rings. The summed E-state index contributed by atoms with van der Waals surface area (Å²) in [6.45, 7) is 8.23. The topological polar surface area (TPSA) is 62.3 Å². The standard InChI is InChI=1S/C23H31ClFN3O4/c1-23(2,3)32-22(30)28-8-9-31-14-20(28)18-11-16(24)10-15-4-6-27(13-19(15)18)21(29)26-7-5-17(25)12-26/h10-11,17,20H,4-9,12-14H2,1-3H3/t17-,20+/m1/s1. The molecule has 9 heteroatoms. The van der Waals surface area contributed by atoms with Crippen LogP contribution < -0.4 is 0 Å². The number of carbonyl (C=O) groups excluding carboxylic acids is 2. The highest BCUT2D eigenvalue weighted by Crippen LogP contribution is 2.35. The highest BCUT2D eigenvalue weighted by atomic mass is 35.5. The van der Waals surface area contributed by atoms with Crippen LogP contribution in [-0.4, -0.2) is 78.0 Å². The second-order valence-electron chi connectivity index (χ2n) is 9.68. The van der Waals surface area contributed by atoms with E-state index in [0.717, 1.165) is 16.7 Å². The van der Waals surface area contributed by atoms with Crippen LogP contribution in [0.5, 0.6) is 0 Å². The predicted molar refractivity (Wildman–Crippen MR) is 119 cm³/mol. The number of hydrogen-bond donors (Lipinski definition) is 0. The fourth-order valence-electron chi connectivity index (χ4n) is 4.61. The summed E-state index contributed by atoms with van der Waals surface area (Å²) in [6.07, 6.45) is -0.301. The van der Waals surface area contributed by atoms with E-state index in [2.05, 4.69) is 0 Å². The second kappa shape index (κ2) is 9.06. The molecular weight excluding hydrogens is 437 g/mol. The van der Waals surface area contributed by atoms with Crippen LogP contribution in [0.1, 0.15) is 49.9 Å². The molecule has 3 amide bonds. The van der Waals surface area contributed by atoms with Crippen LogP contribution in [0.2, 0.25) is 5.02 Å². The average molecular weight is 468 g/mol. The first kappa shape index (κ1) is 23.1. The average Bonchev–Trinajstić information content (AvgIpc) is 3.17. The zero-order chi connectivity index (χ0) is 23.0. The van der Waals surface area contributed by atoms with Gasteiger partial charge in [0.15, 0.2) is 0 Å². The number of amides is 3. The van der Waals surface area contributed by atoms with E-state index < -0.39 is 17.9 Å². The number of likely N-dealkylation sites (tertiary alicyclic amines) is 1. The molecule has 2 atom stereocenters. The maximum atomic E-state index is 13.6. The van der Waals surface area contributed by atoms with Crippen LogP contribution in [0.4, 0.5) is 14.0 Å². The van der Waals surface area contributed by atoms with Crippen LogP contribution in [0.3, 0.4) is 0 Å². The van der Waals surface area contributed by atoms with E-state index in [-0.39, 0.29) is 18.6 Å². The Kier molecular flexibility index (Phi) is 6.54. The molecule has 0 N–H and O–H groups in total. The van der Waals surface area contributed by atoms with Gasteiger partial charge in [0.2, 0.25) is 0 Å². The first-order valence-corrected chi connectivity index (χ1v) is 11.6. The maximum Gasteiger partial charge on any atom is 0.410 e. The molecule has 0 radical (unpaired) electrons. The number of halogens is 2. The summed E-state index contributed by atoms with van der Waals surface area (Å²) in [5.74, 6) is 0. The third kappa shape index (κ3) is 4.96. The van der Waals surface area contributed by atoms with Gasteiger partial charge in [-0.1, -0.05) is 11.6 Å². The molecule has 4 rings (SSSR count). The molecular formula is C23H31ClFN3O4. The van der Waals surface area contributed by atoms with Gasteiger partial charge in [-0.05, 0) is 62.4 Å². The van der Waals surface area contributed by atoms with Crippen molar-refractivity contribution in [2.75, 3.05) is 39.4 Å². The molecule has 0 saturated carbocycles. The van der Waals surface area contributed by atoms with Crippen molar-refractivity contribution in [3.05, 3.63) is 33.8 Å². The van der Waals surface area contributed by atoms with E-state index in [9.17, 15) is 14.0 Å². The Balaban J connectivity index is 1.61. The summed E-state index contributed by atoms with van der Waals surface area (Å²) < 4.78 is 25.0. The van der Waals surface area contributed by atoms with Crippen molar-refractivity contribution in [3.63, 3.8) is 0 Å². The number of ether oxygens (including phenoxy) is 2. The quantitative estimate of drug-likeness (QED) is 0.622. The van der Waals surface area contributed by atoms with Crippen molar-refractivity contribution < 1.29 is 23.5 Å². The lowest BCUT2D eigenvalue weighted by Gasteiger charge is -2.39. The van der Waals surface area contributed by atoms with Crippen molar-refractivity contribution >= 4 is 23.7 Å². The van der Waals surface area contributed by atoms with Gasteiger partial charge in [0.1, 0.15) is 11.8 Å². The number of morpholine rings is 1. The van der Waals surface area contributed by atoms with Crippen LogP contribution in [-0.2, 0) is 22.4 Å². The van der Waals surface area contributed by atoms with Gasteiger partial charge in [-0.3, -0.25) is 4.90 Å². The Labute approximate surface area is 193 Å². The summed E-state index contributed by atoms with van der Waals surface area (Å²) in [7, 11) is 0. The third-order valence-corrected chi connectivity index (χ3v) is 6.35. The van der Waals surface area contributed by atoms with Crippen LogP contribution in [0, 0.1) is 0 Å². The van der Waals surface area contributed by atoms with Gasteiger partial charge in [0, 0.05) is 31.2 Å². The zero-order valence-corrected chi connectivity index (χ0v) is 19.7. The largest absolute Gasteiger partial charge is 0.444 e. The molecule has 0 bridgehead atoms. The smallest absolute Gasteiger partial charge is 0.410 e. The number of alkyl halides is 1. The van der Waals surface area contributed by atoms with Gasteiger partial charge in [-0.15, -0.1) is 0 Å². The summed E-state index contributed by atoms with van der Waals surface area (Å²) in [6, 6.07) is 3.29. The maximum absolute atomic E-state index is 13.6. The van der Waals surface area contributed by atoms with Crippen molar-refractivity contribution in [2.24, 2.45) is 0 Å². The van der Waals surface area contributed by atoms with Gasteiger partial charge in [0.25, 0.3) is 0 Å². The SMILES string of the molecule is CC(C)(C)OC(=O)N1CCOC[C@H]1c1cc(Cl)cc2c1CN(C(=O)N1CC[C@@H](F)C1)CC2. The molecule has 32 heavy (non-hydrogen) atoms. The summed E-state index contributed by atoms with van der Waals surface area (Å²) in [5.41, 5.74) is 2.31. The fourth-order valence-corrected chi connectivity index (χ4v) is 4.86. The van der Waals surface area contributed by atoms with Crippen LogP contribution >= 0.6 is 11.6 Å². The van der Waals surface area contributed by atoms with E-state index in [4.69, 9.17) is 21.1 Å². The molecule has 0 spiro atoms. The number of nitrogens with zero attached hydrogens (tertiary/aromatic N) is 3. The molecule has 7 nitrogen and oxygen atoms in total. The number of fused-ring (bicyclic) bond motifs is 1. The summed E-state index contributed by atoms with van der Waals surface area (Å²) in [5, 5.41) is 0.591. The minimum atomic E-state index is -0.952. The number of urea groups is 1. The molecule has 3 heterocycles. The van der Waals surface area contributed by atoms with Crippen LogP contribution in [0.25, 0.3) is 0 Å². The Morgan fingerprint density at radius 3 is 2.66 bits per heavy atom. The monoisotopic (exact) mass is 467 g/mol. The summed E-state index contributed by atoms with van der Waals surface area (Å²) >= 11 is 6.45. The van der Waals surface area contributed by atoms with Crippen molar-refractivity contribution in [3.8, 4) is 0 Å². The molecule has 1 aromatic rings. The second-order valence-corrected chi connectivity index (χ2v) is 10.1. The lowest BCUT2D eigenvalue weighted by molar-refractivity contribution is -0.0334. The van der Waals surface area contributed by atoms with Gasteiger partial charge < -0.3 is 19.3 Å². The van der Waals surface area contributed by atoms with Gasteiger partial charge >= 0.3 is 12.1 Å². The van der Waals surface area contributed by atoms with Crippen LogP contribution in [0.15, 0.2) is 12.1 Å². The van der Waals surface area contributed by atoms with Gasteiger partial charge in [-0.25, -0.2) is 14.0 Å². The molecule has 3 aliphatic heterocycles. The Bertz CT molecular complexity index is 891. The van der Waals surface area contributed by atoms with E-state index in [1.807, 2.05) is 32.9 Å². The zero-order valence-electron chi connectivity index (χ0n) is 18.9. The minimum Gasteiger partial charge on any atom is -0.444 e. The van der Waals surface area contributed by atoms with E-state index in [1.54, 1.807) is 14.7 Å². The third-order valence-electron chi connectivity index (χ3n) is 6.13. The Morgan fingerprint density at radius 1 is 1.19 bits per heavy atom. The fraction of sp³-hybridized carbons (Fsp3) is 0.652. The Morgan fingerprint density at radius 2 is 1.97 bits per heavy atom. The van der Waals surface area contributed by atoms with E-state index >= 15 is 0 Å². The first-order chi connectivity index (χ1) is 15.1. The number of carbonyl (C=O) groups is 2. The van der Waals surface area contributed by atoms with Gasteiger partial charge in [-0.2, -0.15) is 0 Å². The first-order valence-electron chi connectivity index (χ1n) is 11.2.